The van der Waals surface area contributed by atoms with E-state index in [9.17, 15) is 24.0 Å². The van der Waals surface area contributed by atoms with Crippen molar-refractivity contribution in [2.24, 2.45) is 5.92 Å². The normalized spacial score (nSPS) is 18.1. The van der Waals surface area contributed by atoms with Gasteiger partial charge in [0.05, 0.1) is 32.0 Å². The van der Waals surface area contributed by atoms with Crippen molar-refractivity contribution in [3.05, 3.63) is 35.9 Å². The number of carbonyl (C=O) groups is 5. The van der Waals surface area contributed by atoms with Gasteiger partial charge >= 0.3 is 23.9 Å². The van der Waals surface area contributed by atoms with Crippen molar-refractivity contribution in [2.75, 3.05) is 72.0 Å². The predicted molar refractivity (Wildman–Crippen MR) is 202 cm³/mol. The standard InChI is InChI=1S/C39H65N5O9/c1-29(36(49)41-17-16-32(45)50-28-30-14-12-11-13-15-30)31-24-43(26-34(47)52-38(5,6)7)23-22-42(25-33(46)51-37(2,3)4)20-18-40-19-21-44(31)27-35(48)53-39(8,9)10/h11-15,29,31,40H,16-28H2,1-10H3,(H,41,49). The Labute approximate surface area is 316 Å². The molecule has 53 heavy (non-hydrogen) atoms. The van der Waals surface area contributed by atoms with Crippen LogP contribution in [0.5, 0.6) is 0 Å². The van der Waals surface area contributed by atoms with Crippen LogP contribution in [-0.2, 0) is 49.5 Å². The Morgan fingerprint density at radius 2 is 1.23 bits per heavy atom. The Morgan fingerprint density at radius 3 is 1.79 bits per heavy atom. The predicted octanol–water partition coefficient (Wildman–Crippen LogP) is 2.78. The lowest BCUT2D eigenvalue weighted by atomic mass is 9.97. The monoisotopic (exact) mass is 747 g/mol. The average Bonchev–Trinajstić information content (AvgIpc) is 3.01. The quantitative estimate of drug-likeness (QED) is 0.225. The number of nitrogens with one attached hydrogen (secondary N) is 2. The molecule has 14 nitrogen and oxygen atoms in total. The molecule has 1 aliphatic rings. The molecule has 0 saturated carbocycles. The second-order valence-electron chi connectivity index (χ2n) is 16.5. The fraction of sp³-hybridized carbons (Fsp3) is 0.718. The molecule has 0 aliphatic carbocycles. The van der Waals surface area contributed by atoms with Crippen molar-refractivity contribution >= 4 is 29.8 Å². The summed E-state index contributed by atoms with van der Waals surface area (Å²) in [5, 5.41) is 6.28. The van der Waals surface area contributed by atoms with Gasteiger partial charge in [0.1, 0.15) is 23.4 Å². The maximum atomic E-state index is 13.8. The molecule has 2 rings (SSSR count). The number of benzene rings is 1. The molecule has 0 radical (unpaired) electrons. The van der Waals surface area contributed by atoms with Crippen molar-refractivity contribution in [2.45, 2.75) is 105 Å². The molecule has 1 heterocycles. The fourth-order valence-electron chi connectivity index (χ4n) is 5.68. The first-order valence-corrected chi connectivity index (χ1v) is 18.6. The molecule has 2 N–H and O–H groups in total. The van der Waals surface area contributed by atoms with Crippen molar-refractivity contribution in [3.8, 4) is 0 Å². The third-order valence-corrected chi connectivity index (χ3v) is 7.99. The van der Waals surface area contributed by atoms with E-state index in [-0.39, 0.29) is 57.6 Å². The summed E-state index contributed by atoms with van der Waals surface area (Å²) in [5.41, 5.74) is -1.19. The van der Waals surface area contributed by atoms with Gasteiger partial charge in [-0.05, 0) is 67.9 Å². The van der Waals surface area contributed by atoms with Crippen LogP contribution in [0.2, 0.25) is 0 Å². The lowest BCUT2D eigenvalue weighted by Gasteiger charge is -2.39. The number of rotatable bonds is 13. The minimum atomic E-state index is -0.713. The van der Waals surface area contributed by atoms with E-state index in [1.165, 1.54) is 0 Å². The van der Waals surface area contributed by atoms with E-state index in [0.717, 1.165) is 5.56 Å². The Balaban J connectivity index is 2.33. The third kappa shape index (κ3) is 20.4. The van der Waals surface area contributed by atoms with Crippen molar-refractivity contribution in [3.63, 3.8) is 0 Å². The molecule has 0 spiro atoms. The van der Waals surface area contributed by atoms with E-state index < -0.39 is 46.7 Å². The van der Waals surface area contributed by atoms with Crippen LogP contribution in [-0.4, -0.2) is 139 Å². The zero-order chi connectivity index (χ0) is 39.8. The van der Waals surface area contributed by atoms with E-state index in [1.807, 2.05) is 65.8 Å². The van der Waals surface area contributed by atoms with Gasteiger partial charge in [-0.1, -0.05) is 37.3 Å². The number of carbonyl (C=O) groups excluding carboxylic acids is 5. The van der Waals surface area contributed by atoms with Gasteiger partial charge in [-0.15, -0.1) is 0 Å². The number of esters is 4. The van der Waals surface area contributed by atoms with E-state index in [0.29, 0.717) is 39.3 Å². The van der Waals surface area contributed by atoms with E-state index >= 15 is 0 Å². The number of amides is 1. The van der Waals surface area contributed by atoms with Gasteiger partial charge in [0.15, 0.2) is 0 Å². The maximum absolute atomic E-state index is 13.8. The summed E-state index contributed by atoms with van der Waals surface area (Å²) < 4.78 is 22.3. The second kappa shape index (κ2) is 21.3. The molecule has 2 unspecified atom stereocenters. The van der Waals surface area contributed by atoms with Gasteiger partial charge in [-0.25, -0.2) is 0 Å². The highest BCUT2D eigenvalue weighted by molar-refractivity contribution is 5.80. The fourth-order valence-corrected chi connectivity index (χ4v) is 5.68. The second-order valence-corrected chi connectivity index (χ2v) is 16.5. The minimum absolute atomic E-state index is 0.0141. The molecule has 1 aromatic rings. The summed E-state index contributed by atoms with van der Waals surface area (Å²) in [6, 6.07) is 8.78. The highest BCUT2D eigenvalue weighted by atomic mass is 16.6. The molecule has 1 aliphatic heterocycles. The summed E-state index contributed by atoms with van der Waals surface area (Å²) >= 11 is 0. The Morgan fingerprint density at radius 1 is 0.717 bits per heavy atom. The smallest absolute Gasteiger partial charge is 0.320 e. The summed E-state index contributed by atoms with van der Waals surface area (Å²) in [5.74, 6) is -2.66. The number of ether oxygens (including phenoxy) is 4. The van der Waals surface area contributed by atoms with Gasteiger partial charge < -0.3 is 29.6 Å². The van der Waals surface area contributed by atoms with Gasteiger partial charge in [0.25, 0.3) is 0 Å². The first-order valence-electron chi connectivity index (χ1n) is 18.6. The molecule has 0 bridgehead atoms. The van der Waals surface area contributed by atoms with E-state index in [4.69, 9.17) is 18.9 Å². The zero-order valence-corrected chi connectivity index (χ0v) is 33.7. The molecule has 300 valence electrons. The molecular formula is C39H65N5O9. The topological polar surface area (TPSA) is 156 Å². The summed E-state index contributed by atoms with van der Waals surface area (Å²) in [7, 11) is 0. The Kier molecular flexibility index (Phi) is 18.3. The Hall–Kier alpha value is -3.59. The van der Waals surface area contributed by atoms with Crippen LogP contribution in [0.15, 0.2) is 30.3 Å². The molecule has 1 saturated heterocycles. The molecule has 14 heteroatoms. The molecule has 1 aromatic carbocycles. The highest BCUT2D eigenvalue weighted by Gasteiger charge is 2.34. The van der Waals surface area contributed by atoms with Crippen LogP contribution in [0.1, 0.15) is 81.2 Å². The van der Waals surface area contributed by atoms with Crippen LogP contribution in [0.4, 0.5) is 0 Å². The van der Waals surface area contributed by atoms with Crippen molar-refractivity contribution in [1.29, 1.82) is 0 Å². The van der Waals surface area contributed by atoms with Gasteiger partial charge in [0, 0.05) is 58.4 Å². The average molecular weight is 748 g/mol. The minimum Gasteiger partial charge on any atom is -0.461 e. The first kappa shape index (κ1) is 45.6. The lowest BCUT2D eigenvalue weighted by molar-refractivity contribution is -0.159. The molecule has 0 aromatic heterocycles. The van der Waals surface area contributed by atoms with Crippen LogP contribution in [0, 0.1) is 5.92 Å². The largest absolute Gasteiger partial charge is 0.461 e. The van der Waals surface area contributed by atoms with Crippen molar-refractivity contribution < 1.29 is 42.9 Å². The molecule has 1 amide bonds. The van der Waals surface area contributed by atoms with Crippen LogP contribution in [0.3, 0.4) is 0 Å². The van der Waals surface area contributed by atoms with Gasteiger partial charge in [-0.3, -0.25) is 38.7 Å². The zero-order valence-electron chi connectivity index (χ0n) is 33.7. The van der Waals surface area contributed by atoms with Crippen LogP contribution < -0.4 is 10.6 Å². The number of hydrogen-bond acceptors (Lipinski definition) is 13. The summed E-state index contributed by atoms with van der Waals surface area (Å²) in [4.78, 5) is 71.3. The van der Waals surface area contributed by atoms with Gasteiger partial charge in [0.2, 0.25) is 5.91 Å². The number of nitrogens with zero attached hydrogens (tertiary/aromatic N) is 3. The van der Waals surface area contributed by atoms with E-state index in [1.54, 1.807) is 48.5 Å². The maximum Gasteiger partial charge on any atom is 0.320 e. The molecular weight excluding hydrogens is 682 g/mol. The lowest BCUT2D eigenvalue weighted by Crippen LogP contribution is -2.56. The van der Waals surface area contributed by atoms with Gasteiger partial charge in [-0.2, -0.15) is 0 Å². The van der Waals surface area contributed by atoms with E-state index in [2.05, 4.69) is 10.6 Å². The molecule has 2 atom stereocenters. The summed E-state index contributed by atoms with van der Waals surface area (Å²) in [6.07, 6.45) is -0.0141. The first-order chi connectivity index (χ1) is 24.6. The van der Waals surface area contributed by atoms with Crippen molar-refractivity contribution in [1.82, 2.24) is 25.3 Å². The SMILES string of the molecule is CC(C(=O)NCCC(=O)OCc1ccccc1)C1CN(CC(=O)OC(C)(C)C)CCN(CC(=O)OC(C)(C)C)CCNCCN1CC(=O)OC(C)(C)C. The molecule has 1 fully saturated rings. The van der Waals surface area contributed by atoms with Crippen LogP contribution in [0.25, 0.3) is 0 Å². The number of hydrogen-bond donors (Lipinski definition) is 2. The highest BCUT2D eigenvalue weighted by Crippen LogP contribution is 2.18. The summed E-state index contributed by atoms with van der Waals surface area (Å²) in [6.45, 7) is 21.1. The van der Waals surface area contributed by atoms with Crippen LogP contribution >= 0.6 is 0 Å². The Bertz CT molecular complexity index is 1320. The third-order valence-electron chi connectivity index (χ3n) is 7.99.